The average Bonchev–Trinajstić information content (AvgIpc) is 2.43. The molecule has 0 bridgehead atoms. The van der Waals surface area contributed by atoms with Crippen molar-refractivity contribution in [2.24, 2.45) is 27.9 Å². The Bertz CT molecular complexity index is 525. The topological polar surface area (TPSA) is 151 Å². The Kier molecular flexibility index (Phi) is 5.86. The van der Waals surface area contributed by atoms with Crippen molar-refractivity contribution in [3.8, 4) is 0 Å². The van der Waals surface area contributed by atoms with Gasteiger partial charge in [0.05, 0.1) is 0 Å². The molecule has 21 heavy (non-hydrogen) atoms. The van der Waals surface area contributed by atoms with Gasteiger partial charge in [-0.25, -0.2) is 0 Å². The Morgan fingerprint density at radius 3 is 2.24 bits per heavy atom. The predicted molar refractivity (Wildman–Crippen MR) is 81.2 cm³/mol. The van der Waals surface area contributed by atoms with E-state index >= 15 is 0 Å². The monoisotopic (exact) mass is 291 g/mol. The first kappa shape index (κ1) is 16.6. The van der Waals surface area contributed by atoms with Gasteiger partial charge in [-0.05, 0) is 18.4 Å². The van der Waals surface area contributed by atoms with Gasteiger partial charge in [-0.3, -0.25) is 14.6 Å². The number of ketones is 1. The highest BCUT2D eigenvalue weighted by molar-refractivity contribution is 6.10. The summed E-state index contributed by atoms with van der Waals surface area (Å²) in [5.74, 6) is -1.30. The lowest BCUT2D eigenvalue weighted by Crippen LogP contribution is -2.58. The van der Waals surface area contributed by atoms with E-state index in [4.69, 9.17) is 22.9 Å². The summed E-state index contributed by atoms with van der Waals surface area (Å²) in [7, 11) is 0. The van der Waals surface area contributed by atoms with Gasteiger partial charge < -0.3 is 22.9 Å². The number of Topliss-reactive ketones (excluding diaryl/α,β-unsaturated/α-hetero) is 1. The minimum atomic E-state index is -1.70. The summed E-state index contributed by atoms with van der Waals surface area (Å²) in [4.78, 5) is 27.6. The molecule has 0 spiro atoms. The van der Waals surface area contributed by atoms with E-state index in [0.717, 1.165) is 5.56 Å². The molecular formula is C14H21N5O2. The van der Waals surface area contributed by atoms with Gasteiger partial charge in [0.2, 0.25) is 5.91 Å². The highest BCUT2D eigenvalue weighted by Gasteiger charge is 2.39. The molecule has 0 aliphatic heterocycles. The molecule has 0 fully saturated rings. The molecule has 7 heteroatoms. The van der Waals surface area contributed by atoms with E-state index in [1.807, 2.05) is 18.2 Å². The summed E-state index contributed by atoms with van der Waals surface area (Å²) in [6, 6.07) is 9.04. The number of nitrogens with zero attached hydrogens (tertiary/aromatic N) is 1. The van der Waals surface area contributed by atoms with Crippen LogP contribution in [0.3, 0.4) is 0 Å². The summed E-state index contributed by atoms with van der Waals surface area (Å²) < 4.78 is 0. The summed E-state index contributed by atoms with van der Waals surface area (Å²) in [6.07, 6.45) is 0.547. The van der Waals surface area contributed by atoms with Crippen LogP contribution in [0.5, 0.6) is 0 Å². The van der Waals surface area contributed by atoms with E-state index in [-0.39, 0.29) is 25.3 Å². The maximum absolute atomic E-state index is 12.3. The van der Waals surface area contributed by atoms with Crippen LogP contribution in [0.25, 0.3) is 0 Å². The van der Waals surface area contributed by atoms with Crippen LogP contribution in [0.4, 0.5) is 0 Å². The standard InChI is InChI=1S/C14H21N5O2/c15-12(21)14(18,7-4-8-19-13(16)17)11(20)9-10-5-2-1-3-6-10/h1-3,5-6H,4,7-9,18H2,(H2,15,21)(H4,16,17,19)/t14-/m1/s1. The molecule has 1 rings (SSSR count). The van der Waals surface area contributed by atoms with Crippen molar-refractivity contribution < 1.29 is 9.59 Å². The first-order valence-electron chi connectivity index (χ1n) is 6.57. The average molecular weight is 291 g/mol. The molecule has 0 heterocycles. The molecular weight excluding hydrogens is 270 g/mol. The lowest BCUT2D eigenvalue weighted by Gasteiger charge is -2.24. The van der Waals surface area contributed by atoms with Crippen molar-refractivity contribution >= 4 is 17.6 Å². The van der Waals surface area contributed by atoms with Crippen molar-refractivity contribution in [2.45, 2.75) is 24.8 Å². The van der Waals surface area contributed by atoms with Gasteiger partial charge in [-0.1, -0.05) is 30.3 Å². The van der Waals surface area contributed by atoms with Crippen LogP contribution in [-0.2, 0) is 16.0 Å². The van der Waals surface area contributed by atoms with Crippen LogP contribution in [0.1, 0.15) is 18.4 Å². The normalized spacial score (nSPS) is 13.2. The molecule has 0 aliphatic carbocycles. The summed E-state index contributed by atoms with van der Waals surface area (Å²) in [5, 5.41) is 0. The molecule has 0 saturated heterocycles. The van der Waals surface area contributed by atoms with E-state index in [1.165, 1.54) is 0 Å². The summed E-state index contributed by atoms with van der Waals surface area (Å²) in [5.41, 5.74) is 20.7. The summed E-state index contributed by atoms with van der Waals surface area (Å²) >= 11 is 0. The highest BCUT2D eigenvalue weighted by atomic mass is 16.2. The van der Waals surface area contributed by atoms with Gasteiger partial charge in [0.1, 0.15) is 0 Å². The maximum atomic E-state index is 12.3. The Balaban J connectivity index is 2.72. The zero-order chi connectivity index (χ0) is 15.9. The van der Waals surface area contributed by atoms with Crippen LogP contribution in [0.15, 0.2) is 35.3 Å². The first-order chi connectivity index (χ1) is 9.86. The number of rotatable bonds is 8. The van der Waals surface area contributed by atoms with Crippen LogP contribution >= 0.6 is 0 Å². The molecule has 1 aromatic carbocycles. The highest BCUT2D eigenvalue weighted by Crippen LogP contribution is 2.15. The van der Waals surface area contributed by atoms with Crippen LogP contribution in [-0.4, -0.2) is 29.7 Å². The minimum absolute atomic E-state index is 0.0488. The third-order valence-electron chi connectivity index (χ3n) is 3.17. The van der Waals surface area contributed by atoms with E-state index in [2.05, 4.69) is 4.99 Å². The Labute approximate surface area is 123 Å². The molecule has 7 nitrogen and oxygen atoms in total. The molecule has 8 N–H and O–H groups in total. The summed E-state index contributed by atoms with van der Waals surface area (Å²) in [6.45, 7) is 0.285. The molecule has 0 radical (unpaired) electrons. The van der Waals surface area contributed by atoms with Gasteiger partial charge in [-0.2, -0.15) is 0 Å². The Hall–Kier alpha value is -2.41. The van der Waals surface area contributed by atoms with E-state index in [1.54, 1.807) is 12.1 Å². The molecule has 1 aromatic rings. The molecule has 0 aliphatic rings. The second-order valence-corrected chi connectivity index (χ2v) is 4.83. The van der Waals surface area contributed by atoms with E-state index < -0.39 is 17.2 Å². The van der Waals surface area contributed by atoms with Crippen molar-refractivity contribution in [1.29, 1.82) is 0 Å². The molecule has 0 saturated carbocycles. The van der Waals surface area contributed by atoms with Gasteiger partial charge in [-0.15, -0.1) is 0 Å². The predicted octanol–water partition coefficient (Wildman–Crippen LogP) is -0.965. The van der Waals surface area contributed by atoms with Crippen LogP contribution in [0, 0.1) is 0 Å². The molecule has 114 valence electrons. The molecule has 0 aromatic heterocycles. The molecule has 0 unspecified atom stereocenters. The van der Waals surface area contributed by atoms with Gasteiger partial charge >= 0.3 is 0 Å². The lowest BCUT2D eigenvalue weighted by atomic mass is 9.85. The van der Waals surface area contributed by atoms with Gasteiger partial charge in [0, 0.05) is 13.0 Å². The SMILES string of the molecule is NC(=O)[C@@](N)(CCCN=C(N)N)C(=O)Cc1ccccc1. The van der Waals surface area contributed by atoms with Crippen molar-refractivity contribution in [3.63, 3.8) is 0 Å². The fraction of sp³-hybridized carbons (Fsp3) is 0.357. The van der Waals surface area contributed by atoms with Crippen molar-refractivity contribution in [2.75, 3.05) is 6.54 Å². The minimum Gasteiger partial charge on any atom is -0.370 e. The van der Waals surface area contributed by atoms with Crippen molar-refractivity contribution in [3.05, 3.63) is 35.9 Å². The second-order valence-electron chi connectivity index (χ2n) is 4.83. The number of hydrogen-bond donors (Lipinski definition) is 4. The van der Waals surface area contributed by atoms with E-state index in [9.17, 15) is 9.59 Å². The number of carbonyl (C=O) groups excluding carboxylic acids is 2. The van der Waals surface area contributed by atoms with Crippen molar-refractivity contribution in [1.82, 2.24) is 0 Å². The number of guanidine groups is 1. The largest absolute Gasteiger partial charge is 0.370 e. The number of amides is 1. The molecule has 1 atom stereocenters. The number of nitrogens with two attached hydrogens (primary N) is 4. The fourth-order valence-corrected chi connectivity index (χ4v) is 1.91. The Morgan fingerprint density at radius 2 is 1.71 bits per heavy atom. The number of benzene rings is 1. The number of hydrogen-bond acceptors (Lipinski definition) is 4. The lowest BCUT2D eigenvalue weighted by molar-refractivity contribution is -0.134. The number of aliphatic imine (C=N–C) groups is 1. The third-order valence-corrected chi connectivity index (χ3v) is 3.17. The second kappa shape index (κ2) is 7.39. The van der Waals surface area contributed by atoms with Gasteiger partial charge in [0.15, 0.2) is 17.3 Å². The molecule has 1 amide bonds. The number of primary amides is 1. The third kappa shape index (κ3) is 4.88. The fourth-order valence-electron chi connectivity index (χ4n) is 1.91. The first-order valence-corrected chi connectivity index (χ1v) is 6.57. The van der Waals surface area contributed by atoms with Crippen LogP contribution < -0.4 is 22.9 Å². The van der Waals surface area contributed by atoms with E-state index in [0.29, 0.717) is 6.42 Å². The Morgan fingerprint density at radius 1 is 1.10 bits per heavy atom. The number of carbonyl (C=O) groups is 2. The quantitative estimate of drug-likeness (QED) is 0.210. The zero-order valence-electron chi connectivity index (χ0n) is 11.8. The van der Waals surface area contributed by atoms with Crippen LogP contribution in [0.2, 0.25) is 0 Å². The smallest absolute Gasteiger partial charge is 0.245 e. The zero-order valence-corrected chi connectivity index (χ0v) is 11.8. The maximum Gasteiger partial charge on any atom is 0.245 e. The van der Waals surface area contributed by atoms with Gasteiger partial charge in [0.25, 0.3) is 0 Å².